The van der Waals surface area contributed by atoms with Crippen LogP contribution < -0.4 is 5.32 Å². The predicted molar refractivity (Wildman–Crippen MR) is 86.4 cm³/mol. The molecule has 0 aliphatic rings. The first-order valence-electron chi connectivity index (χ1n) is 7.29. The van der Waals surface area contributed by atoms with Crippen LogP contribution in [0.4, 0.5) is 0 Å². The second-order valence-electron chi connectivity index (χ2n) is 6.91. The average molecular weight is 301 g/mol. The summed E-state index contributed by atoms with van der Waals surface area (Å²) < 4.78 is 2.04. The van der Waals surface area contributed by atoms with E-state index < -0.39 is 0 Å². The minimum absolute atomic E-state index is 0.156. The minimum atomic E-state index is 0.156. The lowest BCUT2D eigenvalue weighted by atomic mass is 10.0. The number of halogens is 1. The molecule has 5 heteroatoms. The molecule has 1 rings (SSSR count). The van der Waals surface area contributed by atoms with Crippen LogP contribution in [0.3, 0.4) is 0 Å². The van der Waals surface area contributed by atoms with Gasteiger partial charge in [-0.3, -0.25) is 4.68 Å². The fourth-order valence-electron chi connectivity index (χ4n) is 1.96. The maximum atomic E-state index is 6.28. The van der Waals surface area contributed by atoms with Gasteiger partial charge in [-0.25, -0.2) is 0 Å². The molecule has 1 aromatic rings. The monoisotopic (exact) mass is 300 g/mol. The molecule has 0 fully saturated rings. The SMILES string of the molecule is CC(CNC(C)(C)C)Cc1c(Cl)cnn1CCN(C)C. The van der Waals surface area contributed by atoms with E-state index in [9.17, 15) is 0 Å². The molecule has 0 aromatic carbocycles. The molecule has 1 aromatic heterocycles. The van der Waals surface area contributed by atoms with Crippen LogP contribution in [0.15, 0.2) is 6.20 Å². The molecule has 0 radical (unpaired) electrons. The molecule has 0 aliphatic heterocycles. The number of nitrogens with one attached hydrogen (secondary N) is 1. The zero-order chi connectivity index (χ0) is 15.3. The van der Waals surface area contributed by atoms with Gasteiger partial charge in [0.1, 0.15) is 0 Å². The topological polar surface area (TPSA) is 33.1 Å². The number of rotatable bonds is 7. The molecule has 1 atom stereocenters. The summed E-state index contributed by atoms with van der Waals surface area (Å²) in [4.78, 5) is 2.16. The molecular weight excluding hydrogens is 272 g/mol. The van der Waals surface area contributed by atoms with Gasteiger partial charge < -0.3 is 10.2 Å². The molecule has 0 bridgehead atoms. The Morgan fingerprint density at radius 2 is 2.05 bits per heavy atom. The summed E-state index contributed by atoms with van der Waals surface area (Å²) in [7, 11) is 4.14. The quantitative estimate of drug-likeness (QED) is 0.840. The highest BCUT2D eigenvalue weighted by atomic mass is 35.5. The highest BCUT2D eigenvalue weighted by molar-refractivity contribution is 6.31. The van der Waals surface area contributed by atoms with E-state index in [1.165, 1.54) is 0 Å². The second kappa shape index (κ2) is 7.43. The van der Waals surface area contributed by atoms with Crippen molar-refractivity contribution in [2.45, 2.75) is 46.2 Å². The maximum absolute atomic E-state index is 6.28. The van der Waals surface area contributed by atoms with Crippen LogP contribution in [0.25, 0.3) is 0 Å². The van der Waals surface area contributed by atoms with Crippen LogP contribution in [-0.4, -0.2) is 47.4 Å². The van der Waals surface area contributed by atoms with Gasteiger partial charge in [0, 0.05) is 12.1 Å². The van der Waals surface area contributed by atoms with Gasteiger partial charge in [0.25, 0.3) is 0 Å². The van der Waals surface area contributed by atoms with Crippen molar-refractivity contribution in [2.75, 3.05) is 27.2 Å². The molecule has 116 valence electrons. The van der Waals surface area contributed by atoms with E-state index in [0.29, 0.717) is 5.92 Å². The van der Waals surface area contributed by atoms with E-state index in [0.717, 1.165) is 36.8 Å². The van der Waals surface area contributed by atoms with Crippen LogP contribution in [0.5, 0.6) is 0 Å². The van der Waals surface area contributed by atoms with Gasteiger partial charge in [0.15, 0.2) is 0 Å². The summed E-state index contributed by atoms with van der Waals surface area (Å²) in [5, 5.41) is 8.71. The lowest BCUT2D eigenvalue weighted by molar-refractivity contribution is 0.358. The molecule has 0 amide bonds. The third kappa shape index (κ3) is 6.25. The van der Waals surface area contributed by atoms with Crippen molar-refractivity contribution in [3.8, 4) is 0 Å². The molecule has 1 unspecified atom stereocenters. The summed E-state index contributed by atoms with van der Waals surface area (Å²) in [6, 6.07) is 0. The number of aromatic nitrogens is 2. The Labute approximate surface area is 128 Å². The van der Waals surface area contributed by atoms with E-state index in [1.807, 2.05) is 4.68 Å². The first-order valence-corrected chi connectivity index (χ1v) is 7.67. The van der Waals surface area contributed by atoms with Crippen molar-refractivity contribution in [3.05, 3.63) is 16.9 Å². The smallest absolute Gasteiger partial charge is 0.0817 e. The van der Waals surface area contributed by atoms with E-state index in [2.05, 4.69) is 57.1 Å². The molecule has 1 N–H and O–H groups in total. The first-order chi connectivity index (χ1) is 9.19. The van der Waals surface area contributed by atoms with E-state index in [-0.39, 0.29) is 5.54 Å². The van der Waals surface area contributed by atoms with Gasteiger partial charge >= 0.3 is 0 Å². The van der Waals surface area contributed by atoms with Gasteiger partial charge in [0.2, 0.25) is 0 Å². The van der Waals surface area contributed by atoms with E-state index in [4.69, 9.17) is 11.6 Å². The zero-order valence-electron chi connectivity index (χ0n) is 13.7. The second-order valence-corrected chi connectivity index (χ2v) is 7.31. The highest BCUT2D eigenvalue weighted by Gasteiger charge is 2.15. The summed E-state index contributed by atoms with van der Waals surface area (Å²) in [6.07, 6.45) is 2.71. The largest absolute Gasteiger partial charge is 0.312 e. The van der Waals surface area contributed by atoms with E-state index in [1.54, 1.807) is 6.20 Å². The van der Waals surface area contributed by atoms with E-state index >= 15 is 0 Å². The van der Waals surface area contributed by atoms with Crippen molar-refractivity contribution >= 4 is 11.6 Å². The Morgan fingerprint density at radius 1 is 1.40 bits per heavy atom. The normalized spacial score (nSPS) is 14.0. The third-order valence-corrected chi connectivity index (χ3v) is 3.50. The minimum Gasteiger partial charge on any atom is -0.312 e. The Bertz CT molecular complexity index is 406. The highest BCUT2D eigenvalue weighted by Crippen LogP contribution is 2.19. The molecule has 0 aliphatic carbocycles. The number of hydrogen-bond donors (Lipinski definition) is 1. The summed E-state index contributed by atoms with van der Waals surface area (Å²) in [5.74, 6) is 0.529. The fourth-order valence-corrected chi connectivity index (χ4v) is 2.18. The Hall–Kier alpha value is -0.580. The molecule has 1 heterocycles. The predicted octanol–water partition coefficient (Wildman–Crippen LogP) is 2.66. The van der Waals surface area contributed by atoms with Crippen LogP contribution in [0.2, 0.25) is 5.02 Å². The number of likely N-dealkylation sites (N-methyl/N-ethyl adjacent to an activating group) is 1. The van der Waals surface area contributed by atoms with Crippen LogP contribution in [0, 0.1) is 5.92 Å². The van der Waals surface area contributed by atoms with Gasteiger partial charge in [0.05, 0.1) is 23.5 Å². The van der Waals surface area contributed by atoms with Crippen molar-refractivity contribution in [2.24, 2.45) is 5.92 Å². The van der Waals surface area contributed by atoms with Gasteiger partial charge in [-0.05, 0) is 53.8 Å². The standard InChI is InChI=1S/C15H29ClN4/c1-12(10-17-15(2,3)4)9-14-13(16)11-18-20(14)8-7-19(5)6/h11-12,17H,7-10H2,1-6H3. The van der Waals surface area contributed by atoms with Crippen LogP contribution in [0.1, 0.15) is 33.4 Å². The van der Waals surface area contributed by atoms with Crippen molar-refractivity contribution < 1.29 is 0 Å². The third-order valence-electron chi connectivity index (χ3n) is 3.18. The molecule has 0 spiro atoms. The van der Waals surface area contributed by atoms with Crippen molar-refractivity contribution in [3.63, 3.8) is 0 Å². The summed E-state index contributed by atoms with van der Waals surface area (Å²) in [5.41, 5.74) is 1.31. The molecule has 4 nitrogen and oxygen atoms in total. The molecular formula is C15H29ClN4. The van der Waals surface area contributed by atoms with Crippen molar-refractivity contribution in [1.29, 1.82) is 0 Å². The first kappa shape index (κ1) is 17.5. The summed E-state index contributed by atoms with van der Waals surface area (Å²) >= 11 is 6.28. The number of nitrogens with zero attached hydrogens (tertiary/aromatic N) is 3. The Morgan fingerprint density at radius 3 is 2.60 bits per heavy atom. The van der Waals surface area contributed by atoms with Crippen LogP contribution in [-0.2, 0) is 13.0 Å². The molecule has 0 saturated heterocycles. The van der Waals surface area contributed by atoms with Gasteiger partial charge in [-0.2, -0.15) is 5.10 Å². The lowest BCUT2D eigenvalue weighted by Gasteiger charge is -2.23. The molecule has 0 saturated carbocycles. The lowest BCUT2D eigenvalue weighted by Crippen LogP contribution is -2.39. The Kier molecular flexibility index (Phi) is 6.49. The summed E-state index contributed by atoms with van der Waals surface area (Å²) in [6.45, 7) is 11.7. The van der Waals surface area contributed by atoms with Crippen LogP contribution >= 0.6 is 11.6 Å². The maximum Gasteiger partial charge on any atom is 0.0817 e. The van der Waals surface area contributed by atoms with Gasteiger partial charge in [-0.1, -0.05) is 18.5 Å². The number of hydrogen-bond acceptors (Lipinski definition) is 3. The average Bonchev–Trinajstić information content (AvgIpc) is 2.65. The van der Waals surface area contributed by atoms with Crippen molar-refractivity contribution in [1.82, 2.24) is 20.0 Å². The zero-order valence-corrected chi connectivity index (χ0v) is 14.5. The Balaban J connectivity index is 2.59. The molecule has 20 heavy (non-hydrogen) atoms. The van der Waals surface area contributed by atoms with Gasteiger partial charge in [-0.15, -0.1) is 0 Å². The fraction of sp³-hybridized carbons (Fsp3) is 0.800.